The van der Waals surface area contributed by atoms with E-state index in [1.54, 1.807) is 5.01 Å². The lowest BCUT2D eigenvalue weighted by Gasteiger charge is -2.32. The first kappa shape index (κ1) is 8.53. The molecule has 1 atom stereocenters. The maximum atomic E-state index is 6.09. The predicted octanol–water partition coefficient (Wildman–Crippen LogP) is 1.16. The second-order valence-electron chi connectivity index (χ2n) is 4.06. The Labute approximate surface area is 78.3 Å². The van der Waals surface area contributed by atoms with Crippen LogP contribution in [0.1, 0.15) is 25.5 Å². The van der Waals surface area contributed by atoms with Crippen LogP contribution in [-0.2, 0) is 0 Å². The van der Waals surface area contributed by atoms with Crippen molar-refractivity contribution in [3.63, 3.8) is 0 Å². The standard InChI is InChI=1S/C10H15N3/c1-10(2)9(11)7-5-3-4-6-8(7)13(10)12/h3-6,9H,11-12H2,1-2H3. The van der Waals surface area contributed by atoms with Crippen molar-refractivity contribution < 1.29 is 0 Å². The van der Waals surface area contributed by atoms with Gasteiger partial charge in [-0.3, -0.25) is 0 Å². The van der Waals surface area contributed by atoms with Gasteiger partial charge in [0.25, 0.3) is 0 Å². The molecule has 0 aliphatic carbocycles. The van der Waals surface area contributed by atoms with Gasteiger partial charge in [0.15, 0.2) is 0 Å². The van der Waals surface area contributed by atoms with Crippen molar-refractivity contribution in [2.75, 3.05) is 5.01 Å². The van der Waals surface area contributed by atoms with Gasteiger partial charge in [0.2, 0.25) is 0 Å². The molecule has 1 aliphatic heterocycles. The number of hydrogen-bond donors (Lipinski definition) is 2. The van der Waals surface area contributed by atoms with Gasteiger partial charge in [0.05, 0.1) is 17.3 Å². The molecule has 3 nitrogen and oxygen atoms in total. The van der Waals surface area contributed by atoms with Gasteiger partial charge in [0.1, 0.15) is 0 Å². The van der Waals surface area contributed by atoms with E-state index in [1.165, 1.54) is 0 Å². The zero-order valence-corrected chi connectivity index (χ0v) is 7.99. The SMILES string of the molecule is CC1(C)C(N)c2ccccc2N1N. The fraction of sp³-hybridized carbons (Fsp3) is 0.400. The highest BCUT2D eigenvalue weighted by Gasteiger charge is 2.41. The lowest BCUT2D eigenvalue weighted by atomic mass is 9.94. The number of nitrogens with two attached hydrogens (primary N) is 2. The zero-order chi connectivity index (χ0) is 9.64. The molecule has 3 heteroatoms. The first-order chi connectivity index (χ1) is 6.05. The summed E-state index contributed by atoms with van der Waals surface area (Å²) in [5.74, 6) is 5.97. The number of benzene rings is 1. The van der Waals surface area contributed by atoms with Crippen molar-refractivity contribution in [1.29, 1.82) is 0 Å². The van der Waals surface area contributed by atoms with Gasteiger partial charge in [-0.05, 0) is 25.5 Å². The van der Waals surface area contributed by atoms with Gasteiger partial charge in [0, 0.05) is 0 Å². The van der Waals surface area contributed by atoms with E-state index in [0.29, 0.717) is 0 Å². The van der Waals surface area contributed by atoms with Crippen LogP contribution in [0.2, 0.25) is 0 Å². The normalized spacial score (nSPS) is 24.6. The van der Waals surface area contributed by atoms with Crippen LogP contribution in [0.3, 0.4) is 0 Å². The molecular weight excluding hydrogens is 162 g/mol. The molecule has 1 aromatic carbocycles. The van der Waals surface area contributed by atoms with Crippen LogP contribution < -0.4 is 16.6 Å². The maximum Gasteiger partial charge on any atom is 0.0698 e. The molecule has 0 radical (unpaired) electrons. The summed E-state index contributed by atoms with van der Waals surface area (Å²) in [7, 11) is 0. The molecule has 0 saturated heterocycles. The molecule has 1 aliphatic rings. The monoisotopic (exact) mass is 177 g/mol. The van der Waals surface area contributed by atoms with Gasteiger partial charge >= 0.3 is 0 Å². The van der Waals surface area contributed by atoms with Crippen molar-refractivity contribution in [2.45, 2.75) is 25.4 Å². The van der Waals surface area contributed by atoms with Crippen LogP contribution in [0.15, 0.2) is 24.3 Å². The third kappa shape index (κ3) is 0.975. The summed E-state index contributed by atoms with van der Waals surface area (Å²) in [6.45, 7) is 4.11. The molecule has 0 saturated carbocycles. The molecule has 0 bridgehead atoms. The molecule has 4 N–H and O–H groups in total. The Kier molecular flexibility index (Phi) is 1.62. The Morgan fingerprint density at radius 2 is 1.92 bits per heavy atom. The average molecular weight is 177 g/mol. The smallest absolute Gasteiger partial charge is 0.0698 e. The summed E-state index contributed by atoms with van der Waals surface area (Å²) >= 11 is 0. The Balaban J connectivity index is 2.57. The van der Waals surface area contributed by atoms with E-state index in [4.69, 9.17) is 11.6 Å². The molecule has 1 aromatic rings. The van der Waals surface area contributed by atoms with Crippen LogP contribution in [0, 0.1) is 0 Å². The number of hydrazine groups is 1. The zero-order valence-electron chi connectivity index (χ0n) is 7.99. The van der Waals surface area contributed by atoms with Gasteiger partial charge < -0.3 is 10.7 Å². The minimum absolute atomic E-state index is 0.00583. The first-order valence-corrected chi connectivity index (χ1v) is 4.44. The summed E-state index contributed by atoms with van der Waals surface area (Å²) in [5.41, 5.74) is 8.08. The molecule has 1 unspecified atom stereocenters. The second kappa shape index (κ2) is 2.47. The van der Waals surface area contributed by atoms with Crippen LogP contribution >= 0.6 is 0 Å². The molecule has 0 amide bonds. The lowest BCUT2D eigenvalue weighted by molar-refractivity contribution is 0.416. The Bertz CT molecular complexity index is 302. The van der Waals surface area contributed by atoms with E-state index in [2.05, 4.69) is 13.8 Å². The summed E-state index contributed by atoms with van der Waals surface area (Å²) in [6.07, 6.45) is 0. The summed E-state index contributed by atoms with van der Waals surface area (Å²) < 4.78 is 0. The number of fused-ring (bicyclic) bond motifs is 1. The second-order valence-corrected chi connectivity index (χ2v) is 4.06. The largest absolute Gasteiger partial charge is 0.322 e. The fourth-order valence-corrected chi connectivity index (χ4v) is 1.81. The predicted molar refractivity (Wildman–Crippen MR) is 54.1 cm³/mol. The van der Waals surface area contributed by atoms with Crippen molar-refractivity contribution >= 4 is 5.69 Å². The van der Waals surface area contributed by atoms with Gasteiger partial charge in [-0.15, -0.1) is 0 Å². The fourth-order valence-electron chi connectivity index (χ4n) is 1.81. The highest BCUT2D eigenvalue weighted by molar-refractivity contribution is 5.61. The highest BCUT2D eigenvalue weighted by Crippen LogP contribution is 2.42. The van der Waals surface area contributed by atoms with E-state index in [0.717, 1.165) is 11.3 Å². The summed E-state index contributed by atoms with van der Waals surface area (Å²) in [4.78, 5) is 0. The summed E-state index contributed by atoms with van der Waals surface area (Å²) in [6, 6.07) is 8.01. The summed E-state index contributed by atoms with van der Waals surface area (Å²) in [5, 5.41) is 1.76. The molecule has 70 valence electrons. The maximum absolute atomic E-state index is 6.09. The van der Waals surface area contributed by atoms with Gasteiger partial charge in [-0.25, -0.2) is 5.84 Å². The highest BCUT2D eigenvalue weighted by atomic mass is 15.5. The Morgan fingerprint density at radius 1 is 1.31 bits per heavy atom. The molecule has 0 spiro atoms. The van der Waals surface area contributed by atoms with Crippen LogP contribution in [0.4, 0.5) is 5.69 Å². The van der Waals surface area contributed by atoms with E-state index < -0.39 is 0 Å². The molecule has 0 fully saturated rings. The van der Waals surface area contributed by atoms with Gasteiger partial charge in [-0.2, -0.15) is 0 Å². The van der Waals surface area contributed by atoms with Crippen LogP contribution in [0.5, 0.6) is 0 Å². The van der Waals surface area contributed by atoms with E-state index in [-0.39, 0.29) is 11.6 Å². The van der Waals surface area contributed by atoms with E-state index in [1.807, 2.05) is 24.3 Å². The minimum atomic E-state index is -0.191. The molecular formula is C10H15N3. The average Bonchev–Trinajstić information content (AvgIpc) is 2.30. The van der Waals surface area contributed by atoms with Crippen molar-refractivity contribution in [3.05, 3.63) is 29.8 Å². The molecule has 2 rings (SSSR count). The number of nitrogens with zero attached hydrogens (tertiary/aromatic N) is 1. The van der Waals surface area contributed by atoms with Crippen molar-refractivity contribution in [3.8, 4) is 0 Å². The van der Waals surface area contributed by atoms with Crippen molar-refractivity contribution in [1.82, 2.24) is 0 Å². The molecule has 13 heavy (non-hydrogen) atoms. The van der Waals surface area contributed by atoms with Crippen molar-refractivity contribution in [2.24, 2.45) is 11.6 Å². The first-order valence-electron chi connectivity index (χ1n) is 4.44. The van der Waals surface area contributed by atoms with Crippen LogP contribution in [-0.4, -0.2) is 5.54 Å². The number of anilines is 1. The minimum Gasteiger partial charge on any atom is -0.322 e. The Hall–Kier alpha value is -1.06. The Morgan fingerprint density at radius 3 is 2.54 bits per heavy atom. The topological polar surface area (TPSA) is 55.3 Å². The quantitative estimate of drug-likeness (QED) is 0.585. The lowest BCUT2D eigenvalue weighted by Crippen LogP contribution is -2.50. The van der Waals surface area contributed by atoms with E-state index in [9.17, 15) is 0 Å². The third-order valence-corrected chi connectivity index (χ3v) is 2.91. The van der Waals surface area contributed by atoms with Gasteiger partial charge in [-0.1, -0.05) is 18.2 Å². The number of hydrogen-bond acceptors (Lipinski definition) is 3. The molecule has 0 aromatic heterocycles. The molecule has 1 heterocycles. The number of para-hydroxylation sites is 1. The van der Waals surface area contributed by atoms with Crippen LogP contribution in [0.25, 0.3) is 0 Å². The number of rotatable bonds is 0. The third-order valence-electron chi connectivity index (χ3n) is 2.91. The van der Waals surface area contributed by atoms with E-state index >= 15 is 0 Å².